The van der Waals surface area contributed by atoms with Gasteiger partial charge >= 0.3 is 0 Å². The standard InChI is InChI=1S/C23H21ClN2O2/c1-13(2)20(27)12-19-23-21(14(3)26-28-23)17-6-4-5-7-18(17)22(25-19)15-8-10-16(24)11-9-15/h4-11,13,19H,12H2,1-3H3/t19-/m0/s1. The van der Waals surface area contributed by atoms with E-state index in [9.17, 15) is 4.79 Å². The molecule has 4 nitrogen and oxygen atoms in total. The quantitative estimate of drug-likeness (QED) is 0.562. The Labute approximate surface area is 169 Å². The molecular weight excluding hydrogens is 372 g/mol. The van der Waals surface area contributed by atoms with Crippen molar-refractivity contribution in [3.63, 3.8) is 0 Å². The molecule has 0 spiro atoms. The van der Waals surface area contributed by atoms with Crippen molar-refractivity contribution in [2.75, 3.05) is 0 Å². The molecule has 1 aromatic heterocycles. The Morgan fingerprint density at radius 3 is 2.46 bits per heavy atom. The van der Waals surface area contributed by atoms with E-state index >= 15 is 0 Å². The van der Waals surface area contributed by atoms with Crippen LogP contribution in [-0.4, -0.2) is 16.7 Å². The smallest absolute Gasteiger partial charge is 0.169 e. The highest BCUT2D eigenvalue weighted by Gasteiger charge is 2.31. The summed E-state index contributed by atoms with van der Waals surface area (Å²) in [5.41, 5.74) is 5.54. The van der Waals surface area contributed by atoms with Crippen LogP contribution in [0.15, 0.2) is 58.0 Å². The number of hydrogen-bond donors (Lipinski definition) is 0. The molecule has 0 radical (unpaired) electrons. The molecule has 1 atom stereocenters. The average molecular weight is 393 g/mol. The van der Waals surface area contributed by atoms with Gasteiger partial charge in [-0.2, -0.15) is 0 Å². The third kappa shape index (κ3) is 3.29. The second-order valence-corrected chi connectivity index (χ2v) is 7.81. The van der Waals surface area contributed by atoms with Crippen LogP contribution in [0.25, 0.3) is 11.1 Å². The summed E-state index contributed by atoms with van der Waals surface area (Å²) in [4.78, 5) is 17.6. The van der Waals surface area contributed by atoms with Crippen molar-refractivity contribution < 1.29 is 9.32 Å². The molecule has 0 unspecified atom stereocenters. The highest BCUT2D eigenvalue weighted by Crippen LogP contribution is 2.41. The predicted molar refractivity (Wildman–Crippen MR) is 111 cm³/mol. The zero-order chi connectivity index (χ0) is 19.8. The first-order chi connectivity index (χ1) is 13.5. The Kier molecular flexibility index (Phi) is 4.90. The van der Waals surface area contributed by atoms with Gasteiger partial charge in [-0.15, -0.1) is 0 Å². The molecule has 3 aromatic rings. The first kappa shape index (κ1) is 18.6. The van der Waals surface area contributed by atoms with E-state index in [-0.39, 0.29) is 18.1 Å². The number of carbonyl (C=O) groups excluding carboxylic acids is 1. The predicted octanol–water partition coefficient (Wildman–Crippen LogP) is 5.81. The number of aliphatic imine (C=N–C) groups is 1. The number of aromatic nitrogens is 1. The Hall–Kier alpha value is -2.72. The number of rotatable bonds is 4. The van der Waals surface area contributed by atoms with E-state index < -0.39 is 6.04 Å². The fraction of sp³-hybridized carbons (Fsp3) is 0.261. The third-order valence-electron chi connectivity index (χ3n) is 5.08. The summed E-state index contributed by atoms with van der Waals surface area (Å²) in [6, 6.07) is 15.3. The Bertz CT molecular complexity index is 1060. The lowest BCUT2D eigenvalue weighted by atomic mass is 9.92. The van der Waals surface area contributed by atoms with Crippen molar-refractivity contribution in [3.8, 4) is 11.1 Å². The maximum absolute atomic E-state index is 12.6. The molecule has 28 heavy (non-hydrogen) atoms. The number of hydrogen-bond acceptors (Lipinski definition) is 4. The lowest BCUT2D eigenvalue weighted by Crippen LogP contribution is -2.13. The minimum absolute atomic E-state index is 0.0627. The molecule has 0 saturated heterocycles. The van der Waals surface area contributed by atoms with E-state index in [2.05, 4.69) is 11.2 Å². The van der Waals surface area contributed by atoms with Gasteiger partial charge in [-0.05, 0) is 24.6 Å². The monoisotopic (exact) mass is 392 g/mol. The summed E-state index contributed by atoms with van der Waals surface area (Å²) in [6.45, 7) is 5.74. The molecule has 5 heteroatoms. The van der Waals surface area contributed by atoms with Crippen LogP contribution in [0.2, 0.25) is 5.02 Å². The first-order valence-electron chi connectivity index (χ1n) is 9.38. The summed E-state index contributed by atoms with van der Waals surface area (Å²) in [6.07, 6.45) is 0.282. The lowest BCUT2D eigenvalue weighted by molar-refractivity contribution is -0.122. The van der Waals surface area contributed by atoms with Crippen LogP contribution in [0.5, 0.6) is 0 Å². The lowest BCUT2D eigenvalue weighted by Gasteiger charge is -2.13. The number of carbonyl (C=O) groups is 1. The van der Waals surface area contributed by atoms with E-state index in [0.29, 0.717) is 10.8 Å². The SMILES string of the molecule is Cc1noc2c1-c1ccccc1C(c1ccc(Cl)cc1)=N[C@H]2CC(=O)C(C)C. The van der Waals surface area contributed by atoms with Crippen LogP contribution in [0.1, 0.15) is 48.9 Å². The van der Waals surface area contributed by atoms with E-state index in [1.165, 1.54) is 0 Å². The largest absolute Gasteiger partial charge is 0.358 e. The van der Waals surface area contributed by atoms with Crippen LogP contribution in [0, 0.1) is 12.8 Å². The van der Waals surface area contributed by atoms with Gasteiger partial charge in [0.2, 0.25) is 0 Å². The first-order valence-corrected chi connectivity index (χ1v) is 9.76. The molecule has 0 fully saturated rings. The molecule has 2 heterocycles. The number of nitrogens with zero attached hydrogens (tertiary/aromatic N) is 2. The maximum Gasteiger partial charge on any atom is 0.169 e. The Balaban J connectivity index is 1.95. The second-order valence-electron chi connectivity index (χ2n) is 7.38. The Morgan fingerprint density at radius 2 is 1.79 bits per heavy atom. The van der Waals surface area contributed by atoms with Crippen molar-refractivity contribution in [1.82, 2.24) is 5.16 Å². The molecule has 0 aliphatic carbocycles. The minimum atomic E-state index is -0.413. The molecule has 1 aliphatic heterocycles. The van der Waals surface area contributed by atoms with Gasteiger partial charge in [-0.3, -0.25) is 9.79 Å². The average Bonchev–Trinajstić information content (AvgIpc) is 3.00. The van der Waals surface area contributed by atoms with Crippen molar-refractivity contribution in [2.45, 2.75) is 33.2 Å². The topological polar surface area (TPSA) is 55.5 Å². The minimum Gasteiger partial charge on any atom is -0.358 e. The molecule has 0 saturated carbocycles. The third-order valence-corrected chi connectivity index (χ3v) is 5.34. The van der Waals surface area contributed by atoms with E-state index in [0.717, 1.165) is 33.7 Å². The molecule has 142 valence electrons. The highest BCUT2D eigenvalue weighted by molar-refractivity contribution is 6.30. The second kappa shape index (κ2) is 7.36. The van der Waals surface area contributed by atoms with Gasteiger partial charge < -0.3 is 4.52 Å². The zero-order valence-corrected chi connectivity index (χ0v) is 16.8. The molecular formula is C23H21ClN2O2. The van der Waals surface area contributed by atoms with Crippen LogP contribution in [0.4, 0.5) is 0 Å². The van der Waals surface area contributed by atoms with E-state index in [4.69, 9.17) is 21.1 Å². The number of Topliss-reactive ketones (excluding diaryl/α,β-unsaturated/α-hetero) is 1. The highest BCUT2D eigenvalue weighted by atomic mass is 35.5. The van der Waals surface area contributed by atoms with Crippen LogP contribution in [-0.2, 0) is 4.79 Å². The van der Waals surface area contributed by atoms with Gasteiger partial charge in [-0.1, -0.05) is 67.0 Å². The number of ketones is 1. The van der Waals surface area contributed by atoms with E-state index in [1.807, 2.05) is 63.2 Å². The molecule has 4 rings (SSSR count). The van der Waals surface area contributed by atoms with Crippen LogP contribution in [0.3, 0.4) is 0 Å². The number of aryl methyl sites for hydroxylation is 1. The molecule has 0 N–H and O–H groups in total. The summed E-state index contributed by atoms with van der Waals surface area (Å²) in [5, 5.41) is 4.85. The van der Waals surface area contributed by atoms with Crippen molar-refractivity contribution in [2.24, 2.45) is 10.9 Å². The molecule has 0 amide bonds. The van der Waals surface area contributed by atoms with Gasteiger partial charge in [0.05, 0.1) is 17.0 Å². The zero-order valence-electron chi connectivity index (χ0n) is 16.1. The number of halogens is 1. The van der Waals surface area contributed by atoms with Gasteiger partial charge in [-0.25, -0.2) is 0 Å². The normalized spacial score (nSPS) is 15.6. The van der Waals surface area contributed by atoms with Crippen LogP contribution < -0.4 is 0 Å². The van der Waals surface area contributed by atoms with Crippen molar-refractivity contribution in [1.29, 1.82) is 0 Å². The van der Waals surface area contributed by atoms with Gasteiger partial charge in [0, 0.05) is 28.5 Å². The van der Waals surface area contributed by atoms with E-state index in [1.54, 1.807) is 0 Å². The summed E-state index contributed by atoms with van der Waals surface area (Å²) in [7, 11) is 0. The fourth-order valence-electron chi connectivity index (χ4n) is 3.54. The Morgan fingerprint density at radius 1 is 1.11 bits per heavy atom. The molecule has 1 aliphatic rings. The molecule has 0 bridgehead atoms. The van der Waals surface area contributed by atoms with Gasteiger partial charge in [0.15, 0.2) is 5.76 Å². The summed E-state index contributed by atoms with van der Waals surface area (Å²) < 4.78 is 5.69. The fourth-order valence-corrected chi connectivity index (χ4v) is 3.66. The number of fused-ring (bicyclic) bond motifs is 3. The maximum atomic E-state index is 12.6. The summed E-state index contributed by atoms with van der Waals surface area (Å²) in [5.74, 6) is 0.741. The summed E-state index contributed by atoms with van der Waals surface area (Å²) >= 11 is 6.08. The van der Waals surface area contributed by atoms with Crippen molar-refractivity contribution >= 4 is 23.1 Å². The van der Waals surface area contributed by atoms with Gasteiger partial charge in [0.1, 0.15) is 11.8 Å². The van der Waals surface area contributed by atoms with Gasteiger partial charge in [0.25, 0.3) is 0 Å². The number of benzene rings is 2. The van der Waals surface area contributed by atoms with Crippen molar-refractivity contribution in [3.05, 3.63) is 76.1 Å². The van der Waals surface area contributed by atoms with Crippen LogP contribution >= 0.6 is 11.6 Å². The molecule has 2 aromatic carbocycles.